The molecule has 13 heteroatoms. The Hall–Kier alpha value is -4.52. The fourth-order valence-electron chi connectivity index (χ4n) is 4.67. The number of H-pyrrole nitrogens is 1. The van der Waals surface area contributed by atoms with Gasteiger partial charge >= 0.3 is 11.9 Å². The number of aliphatic hydroxyl groups excluding tert-OH is 1. The second kappa shape index (κ2) is 10.6. The van der Waals surface area contributed by atoms with E-state index in [1.165, 1.54) is 4.52 Å². The Bertz CT molecular complexity index is 1780. The number of nitrogens with one attached hydrogen (secondary N) is 1. The lowest BCUT2D eigenvalue weighted by Crippen LogP contribution is -2.39. The molecule has 0 spiro atoms. The molecule has 2 N–H and O–H groups in total. The average molecular weight is 555 g/mol. The van der Waals surface area contributed by atoms with Gasteiger partial charge in [-0.25, -0.2) is 9.31 Å². The highest BCUT2D eigenvalue weighted by atomic mass is 19.4. The predicted octanol–water partition coefficient (Wildman–Crippen LogP) is 3.68. The lowest BCUT2D eigenvalue weighted by molar-refractivity contribution is -0.207. The van der Waals surface area contributed by atoms with Gasteiger partial charge in [0, 0.05) is 17.5 Å². The van der Waals surface area contributed by atoms with Gasteiger partial charge in [0.1, 0.15) is 5.82 Å². The molecule has 0 aliphatic rings. The minimum Gasteiger partial charge on any atom is -0.382 e. The standard InChI is InChI=1S/C27H25F3N6O4/c1-3-6-21-20(24(38)35(14-22(37)27(28,29)30)25-31-15(2)33-36(21)25)13-16-9-11-17(12-10-16)18-7-4-5-8-19(18)23-32-26(39)40-34-23/h4-5,7-12,22,37H,3,6,13-14H2,1-2H3,(H,32,34,39). The van der Waals surface area contributed by atoms with Crippen LogP contribution in [0.2, 0.25) is 0 Å². The summed E-state index contributed by atoms with van der Waals surface area (Å²) in [6.45, 7) is 2.51. The van der Waals surface area contributed by atoms with Crippen LogP contribution in [0.5, 0.6) is 0 Å². The summed E-state index contributed by atoms with van der Waals surface area (Å²) in [6, 6.07) is 14.6. The SMILES string of the molecule is CCCc1c(Cc2ccc(-c3ccccc3-c3noc(=O)[nH]3)cc2)c(=O)n(CC(O)C(F)(F)F)c2nc(C)nn12. The summed E-state index contributed by atoms with van der Waals surface area (Å²) in [5.74, 6) is -0.139. The van der Waals surface area contributed by atoms with Crippen molar-refractivity contribution in [1.82, 2.24) is 29.3 Å². The molecule has 1 unspecified atom stereocenters. The molecule has 0 amide bonds. The fraction of sp³-hybridized carbons (Fsp3) is 0.296. The van der Waals surface area contributed by atoms with Crippen molar-refractivity contribution in [3.05, 3.63) is 92.1 Å². The van der Waals surface area contributed by atoms with E-state index in [1.807, 2.05) is 43.3 Å². The summed E-state index contributed by atoms with van der Waals surface area (Å²) in [7, 11) is 0. The molecule has 2 aromatic carbocycles. The Morgan fingerprint density at radius 2 is 1.77 bits per heavy atom. The molecule has 40 heavy (non-hydrogen) atoms. The van der Waals surface area contributed by atoms with Crippen LogP contribution in [-0.4, -0.2) is 46.7 Å². The van der Waals surface area contributed by atoms with Gasteiger partial charge in [0.05, 0.1) is 12.2 Å². The lowest BCUT2D eigenvalue weighted by Gasteiger charge is -2.19. The van der Waals surface area contributed by atoms with Crippen molar-refractivity contribution >= 4 is 5.78 Å². The average Bonchev–Trinajstić information content (AvgIpc) is 3.53. The molecule has 0 saturated carbocycles. The summed E-state index contributed by atoms with van der Waals surface area (Å²) in [5, 5.41) is 17.9. The zero-order valence-electron chi connectivity index (χ0n) is 21.6. The maximum absolute atomic E-state index is 13.6. The smallest absolute Gasteiger partial charge is 0.382 e. The molecule has 3 heterocycles. The van der Waals surface area contributed by atoms with E-state index in [0.29, 0.717) is 29.9 Å². The number of hydrogen-bond acceptors (Lipinski definition) is 7. The van der Waals surface area contributed by atoms with E-state index >= 15 is 0 Å². The number of aromatic amines is 1. The second-order valence-electron chi connectivity index (χ2n) is 9.38. The van der Waals surface area contributed by atoms with Crippen molar-refractivity contribution in [2.45, 2.75) is 51.9 Å². The number of aryl methyl sites for hydroxylation is 2. The van der Waals surface area contributed by atoms with E-state index in [9.17, 15) is 27.9 Å². The molecule has 0 fully saturated rings. The number of fused-ring (bicyclic) bond motifs is 1. The number of aliphatic hydroxyl groups is 1. The molecular weight excluding hydrogens is 529 g/mol. The first kappa shape index (κ1) is 27.1. The van der Waals surface area contributed by atoms with E-state index in [-0.39, 0.29) is 23.6 Å². The highest BCUT2D eigenvalue weighted by Crippen LogP contribution is 2.30. The van der Waals surface area contributed by atoms with E-state index in [1.54, 1.807) is 19.1 Å². The highest BCUT2D eigenvalue weighted by molar-refractivity contribution is 5.80. The number of halogens is 3. The molecule has 0 bridgehead atoms. The van der Waals surface area contributed by atoms with E-state index < -0.39 is 30.1 Å². The third kappa shape index (κ3) is 5.19. The number of rotatable bonds is 8. The molecule has 0 radical (unpaired) electrons. The first-order valence-corrected chi connectivity index (χ1v) is 12.5. The zero-order chi connectivity index (χ0) is 28.6. The predicted molar refractivity (Wildman–Crippen MR) is 139 cm³/mol. The molecule has 10 nitrogen and oxygen atoms in total. The molecular formula is C27H25F3N6O4. The van der Waals surface area contributed by atoms with Crippen LogP contribution < -0.4 is 11.3 Å². The van der Waals surface area contributed by atoms with Crippen LogP contribution in [0.4, 0.5) is 13.2 Å². The Labute approximate surface area is 224 Å². The Kier molecular flexibility index (Phi) is 7.15. The molecule has 1 atom stereocenters. The first-order chi connectivity index (χ1) is 19.1. The van der Waals surface area contributed by atoms with E-state index in [2.05, 4.69) is 24.7 Å². The number of hydrogen-bond donors (Lipinski definition) is 2. The van der Waals surface area contributed by atoms with Crippen molar-refractivity contribution in [1.29, 1.82) is 0 Å². The van der Waals surface area contributed by atoms with Crippen LogP contribution in [-0.2, 0) is 19.4 Å². The van der Waals surface area contributed by atoms with Gasteiger partial charge in [-0.15, -0.1) is 0 Å². The maximum Gasteiger partial charge on any atom is 0.439 e. The van der Waals surface area contributed by atoms with Gasteiger partial charge in [0.25, 0.3) is 5.56 Å². The van der Waals surface area contributed by atoms with E-state index in [4.69, 9.17) is 0 Å². The van der Waals surface area contributed by atoms with Gasteiger partial charge in [-0.1, -0.05) is 67.0 Å². The van der Waals surface area contributed by atoms with Crippen molar-refractivity contribution < 1.29 is 22.8 Å². The number of aromatic nitrogens is 6. The molecule has 3 aromatic heterocycles. The van der Waals surface area contributed by atoms with Gasteiger partial charge in [0.15, 0.2) is 11.9 Å². The van der Waals surface area contributed by atoms with Crippen LogP contribution in [0, 0.1) is 6.92 Å². The van der Waals surface area contributed by atoms with Gasteiger partial charge < -0.3 is 5.11 Å². The fourth-order valence-corrected chi connectivity index (χ4v) is 4.67. The van der Waals surface area contributed by atoms with Crippen LogP contribution >= 0.6 is 0 Å². The number of nitrogens with zero attached hydrogens (tertiary/aromatic N) is 5. The van der Waals surface area contributed by atoms with Crippen LogP contribution in [0.3, 0.4) is 0 Å². The monoisotopic (exact) mass is 554 g/mol. The molecule has 0 aliphatic heterocycles. The Balaban J connectivity index is 1.56. The van der Waals surface area contributed by atoms with E-state index in [0.717, 1.165) is 21.3 Å². The molecule has 208 valence electrons. The molecule has 0 aliphatic carbocycles. The molecule has 5 aromatic rings. The maximum atomic E-state index is 13.6. The topological polar surface area (TPSA) is 131 Å². The Morgan fingerprint density at radius 3 is 2.40 bits per heavy atom. The lowest BCUT2D eigenvalue weighted by atomic mass is 9.96. The number of alkyl halides is 3. The van der Waals surface area contributed by atoms with Crippen molar-refractivity contribution in [2.24, 2.45) is 0 Å². The zero-order valence-corrected chi connectivity index (χ0v) is 21.6. The number of benzene rings is 2. The van der Waals surface area contributed by atoms with Gasteiger partial charge in [-0.2, -0.15) is 23.3 Å². The van der Waals surface area contributed by atoms with Gasteiger partial charge in [0.2, 0.25) is 5.78 Å². The normalized spacial score (nSPS) is 12.8. The summed E-state index contributed by atoms with van der Waals surface area (Å²) < 4.78 is 46.5. The summed E-state index contributed by atoms with van der Waals surface area (Å²) >= 11 is 0. The molecule has 5 rings (SSSR count). The minimum absolute atomic E-state index is 0.0455. The Morgan fingerprint density at radius 1 is 1.07 bits per heavy atom. The first-order valence-electron chi connectivity index (χ1n) is 12.5. The second-order valence-corrected chi connectivity index (χ2v) is 9.38. The molecule has 0 saturated heterocycles. The minimum atomic E-state index is -4.90. The third-order valence-electron chi connectivity index (χ3n) is 6.53. The van der Waals surface area contributed by atoms with Gasteiger partial charge in [-0.05, 0) is 30.0 Å². The summed E-state index contributed by atoms with van der Waals surface area (Å²) in [4.78, 5) is 31.8. The van der Waals surface area contributed by atoms with Gasteiger partial charge in [-0.3, -0.25) is 18.9 Å². The van der Waals surface area contributed by atoms with Crippen LogP contribution in [0.1, 0.15) is 36.0 Å². The van der Waals surface area contributed by atoms with Crippen LogP contribution in [0.25, 0.3) is 28.3 Å². The van der Waals surface area contributed by atoms with Crippen molar-refractivity contribution in [3.8, 4) is 22.5 Å². The van der Waals surface area contributed by atoms with Crippen molar-refractivity contribution in [2.75, 3.05) is 0 Å². The van der Waals surface area contributed by atoms with Crippen LogP contribution in [0.15, 0.2) is 62.6 Å². The summed E-state index contributed by atoms with van der Waals surface area (Å²) in [5.41, 5.74) is 3.18. The quantitative estimate of drug-likeness (QED) is 0.299. The van der Waals surface area contributed by atoms with Crippen molar-refractivity contribution in [3.63, 3.8) is 0 Å². The largest absolute Gasteiger partial charge is 0.439 e. The summed E-state index contributed by atoms with van der Waals surface area (Å²) in [6.07, 6.45) is -6.40. The highest BCUT2D eigenvalue weighted by Gasteiger charge is 2.39. The third-order valence-corrected chi connectivity index (χ3v) is 6.53.